The second kappa shape index (κ2) is 4.33. The van der Waals surface area contributed by atoms with Crippen molar-refractivity contribution in [3.05, 3.63) is 29.8 Å². The molecule has 1 aromatic carbocycles. The molecule has 3 fully saturated rings. The summed E-state index contributed by atoms with van der Waals surface area (Å²) < 4.78 is 0. The van der Waals surface area contributed by atoms with Crippen molar-refractivity contribution < 1.29 is 9.59 Å². The quantitative estimate of drug-likeness (QED) is 0.670. The van der Waals surface area contributed by atoms with Gasteiger partial charge in [0.1, 0.15) is 0 Å². The Labute approximate surface area is 125 Å². The number of carbonyl (C=O) groups is 2. The molecule has 1 aliphatic carbocycles. The van der Waals surface area contributed by atoms with E-state index in [0.717, 1.165) is 5.56 Å². The number of nitrogen functional groups attached to an aromatic ring is 1. The number of benzene rings is 1. The van der Waals surface area contributed by atoms with Crippen LogP contribution >= 0.6 is 0 Å². The Hall–Kier alpha value is -1.84. The third kappa shape index (κ3) is 2.13. The van der Waals surface area contributed by atoms with Crippen molar-refractivity contribution >= 4 is 17.5 Å². The number of carbonyl (C=O) groups excluding carboxylic acids is 2. The van der Waals surface area contributed by atoms with Crippen molar-refractivity contribution in [3.63, 3.8) is 0 Å². The van der Waals surface area contributed by atoms with Gasteiger partial charge in [-0.1, -0.05) is 32.9 Å². The van der Waals surface area contributed by atoms with Crippen molar-refractivity contribution in [1.29, 1.82) is 0 Å². The van der Waals surface area contributed by atoms with Gasteiger partial charge in [0.05, 0.1) is 5.41 Å². The molecule has 0 aromatic heterocycles. The molecule has 1 aromatic rings. The summed E-state index contributed by atoms with van der Waals surface area (Å²) >= 11 is 0. The molecule has 4 nitrogen and oxygen atoms in total. The third-order valence-corrected chi connectivity index (χ3v) is 4.56. The van der Waals surface area contributed by atoms with E-state index in [2.05, 4.69) is 0 Å². The maximum Gasteiger partial charge on any atom is 0.239 e. The van der Waals surface area contributed by atoms with Gasteiger partial charge in [-0.05, 0) is 36.0 Å². The number of hydrogen-bond donors (Lipinski definition) is 1. The Morgan fingerprint density at radius 3 is 2.29 bits per heavy atom. The van der Waals surface area contributed by atoms with Gasteiger partial charge in [0.15, 0.2) is 0 Å². The average molecular weight is 286 g/mol. The molecule has 2 heterocycles. The molecule has 21 heavy (non-hydrogen) atoms. The Balaban J connectivity index is 1.94. The smallest absolute Gasteiger partial charge is 0.239 e. The van der Waals surface area contributed by atoms with Crippen molar-refractivity contribution in [3.8, 4) is 0 Å². The molecule has 112 valence electrons. The lowest BCUT2D eigenvalue weighted by Gasteiger charge is -2.54. The van der Waals surface area contributed by atoms with Crippen LogP contribution in [0, 0.1) is 11.3 Å². The number of amides is 2. The first-order valence-electron chi connectivity index (χ1n) is 7.45. The fraction of sp³-hybridized carbons (Fsp3) is 0.529. The van der Waals surface area contributed by atoms with Gasteiger partial charge < -0.3 is 5.73 Å². The van der Waals surface area contributed by atoms with E-state index in [9.17, 15) is 9.59 Å². The first-order valence-corrected chi connectivity index (χ1v) is 7.45. The van der Waals surface area contributed by atoms with Crippen LogP contribution in [0.15, 0.2) is 24.3 Å². The zero-order valence-electron chi connectivity index (χ0n) is 12.8. The summed E-state index contributed by atoms with van der Waals surface area (Å²) in [6, 6.07) is 7.51. The highest BCUT2D eigenvalue weighted by Crippen LogP contribution is 2.53. The predicted octanol–water partition coefficient (Wildman–Crippen LogP) is 2.33. The minimum atomic E-state index is -0.502. The monoisotopic (exact) mass is 286 g/mol. The van der Waals surface area contributed by atoms with E-state index in [0.29, 0.717) is 25.1 Å². The Kier molecular flexibility index (Phi) is 2.91. The Morgan fingerprint density at radius 1 is 1.19 bits per heavy atom. The molecule has 0 radical (unpaired) electrons. The first kappa shape index (κ1) is 14.1. The lowest BCUT2D eigenvalue weighted by atomic mass is 9.54. The van der Waals surface area contributed by atoms with Gasteiger partial charge in [-0.2, -0.15) is 0 Å². The molecule has 4 heteroatoms. The second-order valence-electron chi connectivity index (χ2n) is 7.60. The van der Waals surface area contributed by atoms with E-state index in [1.54, 1.807) is 0 Å². The molecule has 4 rings (SSSR count). The van der Waals surface area contributed by atoms with E-state index in [1.807, 2.05) is 45.0 Å². The van der Waals surface area contributed by atoms with Gasteiger partial charge in [-0.25, -0.2) is 0 Å². The summed E-state index contributed by atoms with van der Waals surface area (Å²) in [7, 11) is 0. The molecule has 2 N–H and O–H groups in total. The summed E-state index contributed by atoms with van der Waals surface area (Å²) in [4.78, 5) is 26.8. The lowest BCUT2D eigenvalue weighted by molar-refractivity contribution is -0.170. The second-order valence-corrected chi connectivity index (χ2v) is 7.60. The van der Waals surface area contributed by atoms with E-state index < -0.39 is 5.41 Å². The number of imide groups is 1. The first-order chi connectivity index (χ1) is 9.73. The normalized spacial score (nSPS) is 28.5. The summed E-state index contributed by atoms with van der Waals surface area (Å²) in [5, 5.41) is 0. The summed E-state index contributed by atoms with van der Waals surface area (Å²) in [5.41, 5.74) is 6.82. The van der Waals surface area contributed by atoms with Gasteiger partial charge in [0, 0.05) is 18.2 Å². The number of fused-ring (bicyclic) bond motifs is 2. The van der Waals surface area contributed by atoms with Crippen LogP contribution in [0.4, 0.5) is 5.69 Å². The van der Waals surface area contributed by atoms with Crippen LogP contribution in [0.25, 0.3) is 0 Å². The van der Waals surface area contributed by atoms with Gasteiger partial charge in [0.2, 0.25) is 11.8 Å². The van der Waals surface area contributed by atoms with Gasteiger partial charge >= 0.3 is 0 Å². The summed E-state index contributed by atoms with van der Waals surface area (Å²) in [5.74, 6) is -0.0236. The number of piperidine rings is 2. The Bertz CT molecular complexity index is 592. The Morgan fingerprint density at radius 2 is 1.76 bits per heavy atom. The molecule has 0 spiro atoms. The van der Waals surface area contributed by atoms with Crippen molar-refractivity contribution in [2.24, 2.45) is 11.3 Å². The molecule has 2 bridgehead atoms. The highest BCUT2D eigenvalue weighted by Gasteiger charge is 2.61. The molecule has 0 unspecified atom stereocenters. The predicted molar refractivity (Wildman–Crippen MR) is 81.4 cm³/mol. The molecule has 2 saturated heterocycles. The minimum Gasteiger partial charge on any atom is -0.399 e. The molecule has 3 aliphatic rings. The highest BCUT2D eigenvalue weighted by molar-refractivity contribution is 6.07. The van der Waals surface area contributed by atoms with Gasteiger partial charge in [-0.15, -0.1) is 0 Å². The lowest BCUT2D eigenvalue weighted by Crippen LogP contribution is -2.66. The number of rotatable bonds is 2. The fourth-order valence-corrected chi connectivity index (χ4v) is 3.49. The maximum absolute atomic E-state index is 12.9. The number of nitrogens with two attached hydrogens (primary N) is 1. The fourth-order valence-electron chi connectivity index (χ4n) is 3.49. The zero-order valence-corrected chi connectivity index (χ0v) is 12.8. The summed E-state index contributed by atoms with van der Waals surface area (Å²) in [6.07, 6.45) is 1.30. The average Bonchev–Trinajstić information content (AvgIpc) is 2.33. The van der Waals surface area contributed by atoms with E-state index in [4.69, 9.17) is 5.73 Å². The van der Waals surface area contributed by atoms with Crippen molar-refractivity contribution in [2.45, 2.75) is 39.0 Å². The standard InChI is InChI=1S/C17H22N2O2/c1-16(2,3)10-19-14(20)11-8-17(9-11,15(19)21)12-4-6-13(18)7-5-12/h4-7,11H,8-10,18H2,1-3H3. The molecular weight excluding hydrogens is 264 g/mol. The largest absolute Gasteiger partial charge is 0.399 e. The van der Waals surface area contributed by atoms with Crippen molar-refractivity contribution in [2.75, 3.05) is 12.3 Å². The number of nitrogens with zero attached hydrogens (tertiary/aromatic N) is 1. The van der Waals surface area contributed by atoms with Crippen LogP contribution in [-0.2, 0) is 15.0 Å². The molecule has 0 atom stereocenters. The molecule has 1 saturated carbocycles. The van der Waals surface area contributed by atoms with Gasteiger partial charge in [0.25, 0.3) is 0 Å². The minimum absolute atomic E-state index is 0.00241. The molecule has 2 aliphatic heterocycles. The van der Waals surface area contributed by atoms with Crippen LogP contribution in [-0.4, -0.2) is 23.3 Å². The van der Waals surface area contributed by atoms with E-state index >= 15 is 0 Å². The van der Waals surface area contributed by atoms with Crippen LogP contribution in [0.5, 0.6) is 0 Å². The number of hydrogen-bond acceptors (Lipinski definition) is 3. The maximum atomic E-state index is 12.9. The topological polar surface area (TPSA) is 63.4 Å². The van der Waals surface area contributed by atoms with Crippen molar-refractivity contribution in [1.82, 2.24) is 4.90 Å². The summed E-state index contributed by atoms with van der Waals surface area (Å²) in [6.45, 7) is 6.62. The van der Waals surface area contributed by atoms with Crippen LogP contribution in [0.1, 0.15) is 39.2 Å². The van der Waals surface area contributed by atoms with E-state index in [-0.39, 0.29) is 23.1 Å². The molecular formula is C17H22N2O2. The third-order valence-electron chi connectivity index (χ3n) is 4.56. The number of anilines is 1. The van der Waals surface area contributed by atoms with Crippen LogP contribution in [0.3, 0.4) is 0 Å². The zero-order chi connectivity index (χ0) is 15.4. The van der Waals surface area contributed by atoms with Crippen LogP contribution in [0.2, 0.25) is 0 Å². The SMILES string of the molecule is CC(C)(C)CN1C(=O)C2CC(c3ccc(N)cc3)(C2)C1=O. The highest BCUT2D eigenvalue weighted by atomic mass is 16.2. The van der Waals surface area contributed by atoms with Crippen LogP contribution < -0.4 is 5.73 Å². The van der Waals surface area contributed by atoms with Gasteiger partial charge in [-0.3, -0.25) is 14.5 Å². The molecule has 2 amide bonds. The van der Waals surface area contributed by atoms with E-state index in [1.165, 1.54) is 4.90 Å².